The Labute approximate surface area is 178 Å². The van der Waals surface area contributed by atoms with Gasteiger partial charge in [0.05, 0.1) is 19.2 Å². The summed E-state index contributed by atoms with van der Waals surface area (Å²) in [5.41, 5.74) is -0.378. The molecule has 1 aliphatic heterocycles. The number of pyridine rings is 2. The monoisotopic (exact) mass is 427 g/mol. The van der Waals surface area contributed by atoms with Gasteiger partial charge in [0.15, 0.2) is 0 Å². The number of piperidine rings is 1. The Morgan fingerprint density at radius 3 is 2.61 bits per heavy atom. The SMILES string of the molecule is COc1ccc2c(n1)c(=O)c(C(=O)N1CCCCC1C)cn2Cc1c(F)cccc1F. The van der Waals surface area contributed by atoms with Crippen LogP contribution in [0.25, 0.3) is 11.0 Å². The fraction of sp³-hybridized carbons (Fsp3) is 0.348. The van der Waals surface area contributed by atoms with Gasteiger partial charge in [0.1, 0.15) is 22.7 Å². The summed E-state index contributed by atoms with van der Waals surface area (Å²) in [6.07, 6.45) is 4.14. The number of methoxy groups -OCH3 is 1. The van der Waals surface area contributed by atoms with E-state index in [9.17, 15) is 18.4 Å². The molecule has 1 aromatic carbocycles. The number of amides is 1. The van der Waals surface area contributed by atoms with Crippen molar-refractivity contribution in [3.8, 4) is 5.88 Å². The first kappa shape index (κ1) is 21.0. The fourth-order valence-electron chi connectivity index (χ4n) is 4.05. The number of aromatic nitrogens is 2. The van der Waals surface area contributed by atoms with Gasteiger partial charge in [0.2, 0.25) is 11.3 Å². The minimum atomic E-state index is -0.703. The average molecular weight is 427 g/mol. The summed E-state index contributed by atoms with van der Waals surface area (Å²) in [6.45, 7) is 2.32. The minimum absolute atomic E-state index is 0.00655. The molecule has 31 heavy (non-hydrogen) atoms. The highest BCUT2D eigenvalue weighted by Crippen LogP contribution is 2.22. The molecule has 0 aliphatic carbocycles. The van der Waals surface area contributed by atoms with Crippen LogP contribution in [-0.2, 0) is 6.54 Å². The van der Waals surface area contributed by atoms with Gasteiger partial charge in [-0.1, -0.05) is 6.07 Å². The maximum atomic E-state index is 14.3. The zero-order chi connectivity index (χ0) is 22.1. The van der Waals surface area contributed by atoms with Gasteiger partial charge in [-0.3, -0.25) is 9.59 Å². The van der Waals surface area contributed by atoms with Crippen molar-refractivity contribution in [3.05, 3.63) is 69.5 Å². The van der Waals surface area contributed by atoms with Crippen LogP contribution in [0.3, 0.4) is 0 Å². The normalized spacial score (nSPS) is 16.5. The Morgan fingerprint density at radius 2 is 1.94 bits per heavy atom. The van der Waals surface area contributed by atoms with Gasteiger partial charge in [-0.05, 0) is 44.4 Å². The molecule has 3 heterocycles. The molecule has 1 unspecified atom stereocenters. The van der Waals surface area contributed by atoms with Gasteiger partial charge < -0.3 is 14.2 Å². The number of rotatable bonds is 4. The van der Waals surface area contributed by atoms with Crippen molar-refractivity contribution in [3.63, 3.8) is 0 Å². The van der Waals surface area contributed by atoms with Gasteiger partial charge in [-0.2, -0.15) is 0 Å². The number of hydrogen-bond acceptors (Lipinski definition) is 4. The Balaban J connectivity index is 1.89. The van der Waals surface area contributed by atoms with Crippen LogP contribution in [0, 0.1) is 11.6 Å². The van der Waals surface area contributed by atoms with E-state index in [1.54, 1.807) is 17.0 Å². The molecule has 1 amide bonds. The molecule has 0 bridgehead atoms. The molecule has 3 aromatic rings. The lowest BCUT2D eigenvalue weighted by molar-refractivity contribution is 0.0633. The van der Waals surface area contributed by atoms with Crippen molar-refractivity contribution in [2.24, 2.45) is 0 Å². The lowest BCUT2D eigenvalue weighted by Crippen LogP contribution is -2.43. The lowest BCUT2D eigenvalue weighted by atomic mass is 10.0. The van der Waals surface area contributed by atoms with Crippen LogP contribution in [0.2, 0.25) is 0 Å². The predicted molar refractivity (Wildman–Crippen MR) is 112 cm³/mol. The zero-order valence-corrected chi connectivity index (χ0v) is 17.4. The molecule has 8 heteroatoms. The highest BCUT2D eigenvalue weighted by Gasteiger charge is 2.27. The molecule has 4 rings (SSSR count). The molecular weight excluding hydrogens is 404 g/mol. The molecular formula is C23H23F2N3O3. The van der Waals surface area contributed by atoms with E-state index in [0.717, 1.165) is 19.3 Å². The number of ether oxygens (including phenoxy) is 1. The van der Waals surface area contributed by atoms with Crippen molar-refractivity contribution >= 4 is 16.9 Å². The van der Waals surface area contributed by atoms with Crippen molar-refractivity contribution in [1.29, 1.82) is 0 Å². The number of halogens is 2. The molecule has 1 fully saturated rings. The number of likely N-dealkylation sites (tertiary alicyclic amines) is 1. The van der Waals surface area contributed by atoms with E-state index in [1.807, 2.05) is 6.92 Å². The number of nitrogens with zero attached hydrogens (tertiary/aromatic N) is 3. The molecule has 162 valence electrons. The number of fused-ring (bicyclic) bond motifs is 1. The number of carbonyl (C=O) groups is 1. The lowest BCUT2D eigenvalue weighted by Gasteiger charge is -2.33. The van der Waals surface area contributed by atoms with Crippen LogP contribution in [0.1, 0.15) is 42.1 Å². The van der Waals surface area contributed by atoms with Crippen molar-refractivity contribution in [2.75, 3.05) is 13.7 Å². The van der Waals surface area contributed by atoms with Gasteiger partial charge in [-0.25, -0.2) is 13.8 Å². The average Bonchev–Trinajstić information content (AvgIpc) is 2.77. The van der Waals surface area contributed by atoms with Gasteiger partial charge in [0, 0.05) is 30.4 Å². The Hall–Kier alpha value is -3.29. The van der Waals surface area contributed by atoms with E-state index in [1.165, 1.54) is 36.1 Å². The minimum Gasteiger partial charge on any atom is -0.481 e. The van der Waals surface area contributed by atoms with Crippen LogP contribution in [0.5, 0.6) is 5.88 Å². The van der Waals surface area contributed by atoms with Gasteiger partial charge >= 0.3 is 0 Å². The van der Waals surface area contributed by atoms with Crippen LogP contribution in [0.4, 0.5) is 8.78 Å². The predicted octanol–water partition coefficient (Wildman–Crippen LogP) is 3.75. The third-order valence-corrected chi connectivity index (χ3v) is 5.80. The smallest absolute Gasteiger partial charge is 0.259 e. The van der Waals surface area contributed by atoms with Crippen molar-refractivity contribution in [2.45, 2.75) is 38.8 Å². The van der Waals surface area contributed by atoms with Crippen LogP contribution in [0.15, 0.2) is 41.3 Å². The van der Waals surface area contributed by atoms with Crippen molar-refractivity contribution < 1.29 is 18.3 Å². The van der Waals surface area contributed by atoms with Crippen LogP contribution >= 0.6 is 0 Å². The maximum absolute atomic E-state index is 14.3. The first-order chi connectivity index (χ1) is 14.9. The van der Waals surface area contributed by atoms with Gasteiger partial charge in [0.25, 0.3) is 5.91 Å². The quantitative estimate of drug-likeness (QED) is 0.636. The topological polar surface area (TPSA) is 64.4 Å². The molecule has 2 aromatic heterocycles. The number of carbonyl (C=O) groups excluding carboxylic acids is 1. The first-order valence-electron chi connectivity index (χ1n) is 10.2. The van der Waals surface area contributed by atoms with Gasteiger partial charge in [-0.15, -0.1) is 0 Å². The molecule has 0 spiro atoms. The van der Waals surface area contributed by atoms with E-state index in [2.05, 4.69) is 4.98 Å². The first-order valence-corrected chi connectivity index (χ1v) is 10.2. The van der Waals surface area contributed by atoms with E-state index < -0.39 is 23.0 Å². The third kappa shape index (κ3) is 3.89. The zero-order valence-electron chi connectivity index (χ0n) is 17.4. The van der Waals surface area contributed by atoms with Crippen LogP contribution in [-0.4, -0.2) is 40.1 Å². The maximum Gasteiger partial charge on any atom is 0.259 e. The molecule has 0 N–H and O–H groups in total. The Kier molecular flexibility index (Phi) is 5.71. The Morgan fingerprint density at radius 1 is 1.19 bits per heavy atom. The molecule has 0 radical (unpaired) electrons. The van der Waals surface area contributed by atoms with E-state index >= 15 is 0 Å². The summed E-state index contributed by atoms with van der Waals surface area (Å²) in [6, 6.07) is 6.80. The summed E-state index contributed by atoms with van der Waals surface area (Å²) >= 11 is 0. The van der Waals surface area contributed by atoms with E-state index in [-0.39, 0.29) is 35.1 Å². The highest BCUT2D eigenvalue weighted by atomic mass is 19.1. The fourth-order valence-corrected chi connectivity index (χ4v) is 4.05. The van der Waals surface area contributed by atoms with E-state index in [0.29, 0.717) is 12.1 Å². The largest absolute Gasteiger partial charge is 0.481 e. The molecule has 1 aliphatic rings. The van der Waals surface area contributed by atoms with E-state index in [4.69, 9.17) is 4.74 Å². The summed E-state index contributed by atoms with van der Waals surface area (Å²) in [7, 11) is 1.42. The standard InChI is InChI=1S/C23H23F2N3O3/c1-14-6-3-4-11-28(14)23(30)16-13-27(12-15-17(24)7-5-8-18(15)25)19-9-10-20(31-2)26-21(19)22(16)29/h5,7-10,13-14H,3-4,6,11-12H2,1-2H3. The summed E-state index contributed by atoms with van der Waals surface area (Å²) in [5.74, 6) is -1.59. The third-order valence-electron chi connectivity index (χ3n) is 5.80. The molecule has 1 saturated heterocycles. The summed E-state index contributed by atoms with van der Waals surface area (Å²) in [4.78, 5) is 32.4. The Bertz CT molecular complexity index is 1190. The second kappa shape index (κ2) is 8.45. The number of hydrogen-bond donors (Lipinski definition) is 0. The number of benzene rings is 1. The summed E-state index contributed by atoms with van der Waals surface area (Å²) < 4.78 is 35.2. The molecule has 1 atom stereocenters. The molecule has 0 saturated carbocycles. The second-order valence-corrected chi connectivity index (χ2v) is 7.76. The highest BCUT2D eigenvalue weighted by molar-refractivity contribution is 5.97. The van der Waals surface area contributed by atoms with Crippen molar-refractivity contribution in [1.82, 2.24) is 14.5 Å². The second-order valence-electron chi connectivity index (χ2n) is 7.76. The van der Waals surface area contributed by atoms with Crippen LogP contribution < -0.4 is 10.2 Å². The molecule has 6 nitrogen and oxygen atoms in total. The summed E-state index contributed by atoms with van der Waals surface area (Å²) in [5, 5.41) is 0.